The number of amides is 1. The van der Waals surface area contributed by atoms with Crippen LogP contribution in [0.2, 0.25) is 0 Å². The molecule has 0 atom stereocenters. The summed E-state index contributed by atoms with van der Waals surface area (Å²) in [6.07, 6.45) is 11.7. The lowest BCUT2D eigenvalue weighted by atomic mass is 10.2. The first kappa shape index (κ1) is 14.8. The Labute approximate surface area is 138 Å². The molecule has 0 aliphatic heterocycles. The van der Waals surface area contributed by atoms with Gasteiger partial charge in [0.1, 0.15) is 5.52 Å². The van der Waals surface area contributed by atoms with Crippen LogP contribution in [0.25, 0.3) is 11.2 Å². The van der Waals surface area contributed by atoms with Crippen LogP contribution < -0.4 is 5.32 Å². The molecule has 0 radical (unpaired) electrons. The quantitative estimate of drug-likeness (QED) is 0.769. The highest BCUT2D eigenvalue weighted by Gasteiger charge is 2.20. The van der Waals surface area contributed by atoms with Crippen LogP contribution in [0.4, 0.5) is 0 Å². The van der Waals surface area contributed by atoms with Crippen molar-refractivity contribution in [1.82, 2.24) is 34.8 Å². The molecule has 4 rings (SSSR count). The summed E-state index contributed by atoms with van der Waals surface area (Å²) in [5.74, 6) is -0.153. The van der Waals surface area contributed by atoms with Crippen LogP contribution >= 0.6 is 0 Å². The molecular weight excluding hydrogens is 306 g/mol. The lowest BCUT2D eigenvalue weighted by Crippen LogP contribution is -2.27. The normalized spacial score (nSPS) is 15.2. The van der Waals surface area contributed by atoms with Crippen LogP contribution in [0.3, 0.4) is 0 Å². The lowest BCUT2D eigenvalue weighted by Gasteiger charge is -2.11. The molecule has 1 fully saturated rings. The van der Waals surface area contributed by atoms with Gasteiger partial charge in [-0.1, -0.05) is 18.1 Å². The molecule has 0 aromatic carbocycles. The number of fused-ring (bicyclic) bond motifs is 1. The average molecular weight is 325 g/mol. The van der Waals surface area contributed by atoms with Gasteiger partial charge in [-0.05, 0) is 18.9 Å². The number of rotatable bonds is 5. The fourth-order valence-electron chi connectivity index (χ4n) is 3.23. The van der Waals surface area contributed by atoms with E-state index in [4.69, 9.17) is 0 Å². The van der Waals surface area contributed by atoms with Gasteiger partial charge < -0.3 is 9.88 Å². The van der Waals surface area contributed by atoms with E-state index in [1.54, 1.807) is 29.3 Å². The molecule has 8 heteroatoms. The Balaban J connectivity index is 1.45. The molecule has 3 aromatic rings. The summed E-state index contributed by atoms with van der Waals surface area (Å²) in [6.45, 7) is 1.06. The Morgan fingerprint density at radius 2 is 2.17 bits per heavy atom. The zero-order valence-corrected chi connectivity index (χ0v) is 13.3. The fraction of sp³-hybridized carbons (Fsp3) is 0.438. The number of imidazole rings is 1. The summed E-state index contributed by atoms with van der Waals surface area (Å²) in [6, 6.07) is 2.29. The maximum atomic E-state index is 12.2. The van der Waals surface area contributed by atoms with E-state index >= 15 is 0 Å². The predicted octanol–water partition coefficient (Wildman–Crippen LogP) is 1.57. The number of pyridine rings is 1. The Hall–Kier alpha value is -2.77. The van der Waals surface area contributed by atoms with Crippen LogP contribution in [0.1, 0.15) is 42.1 Å². The number of nitrogens with zero attached hydrogens (tertiary/aromatic N) is 6. The first-order valence-electron chi connectivity index (χ1n) is 8.26. The van der Waals surface area contributed by atoms with E-state index < -0.39 is 0 Å². The largest absolute Gasteiger partial charge is 0.350 e. The van der Waals surface area contributed by atoms with Crippen molar-refractivity contribution in [3.05, 3.63) is 36.5 Å². The summed E-state index contributed by atoms with van der Waals surface area (Å²) in [5.41, 5.74) is 2.16. The maximum Gasteiger partial charge on any atom is 0.252 e. The summed E-state index contributed by atoms with van der Waals surface area (Å²) in [4.78, 5) is 21.2. The number of hydrogen-bond donors (Lipinski definition) is 1. The van der Waals surface area contributed by atoms with Gasteiger partial charge in [0, 0.05) is 25.0 Å². The van der Waals surface area contributed by atoms with Gasteiger partial charge in [-0.15, -0.1) is 5.10 Å². The predicted molar refractivity (Wildman–Crippen MR) is 87.4 cm³/mol. The zero-order valence-electron chi connectivity index (χ0n) is 13.3. The lowest BCUT2D eigenvalue weighted by molar-refractivity contribution is 0.0951. The van der Waals surface area contributed by atoms with Gasteiger partial charge >= 0.3 is 0 Å². The standard InChI is InChI=1S/C16H19N7O/c24-16(17-5-7-22-8-6-20-21-22)12-9-14-15(18-10-12)23(11-19-14)13-3-1-2-4-13/h6,8-11,13H,1-5,7H2,(H,17,24). The van der Waals surface area contributed by atoms with E-state index in [1.807, 2.05) is 6.33 Å². The number of hydrogen-bond acceptors (Lipinski definition) is 5. The van der Waals surface area contributed by atoms with Crippen LogP contribution in [-0.4, -0.2) is 42.0 Å². The van der Waals surface area contributed by atoms with Gasteiger partial charge in [0.2, 0.25) is 0 Å². The molecular formula is C16H19N7O. The van der Waals surface area contributed by atoms with Crippen LogP contribution in [-0.2, 0) is 6.54 Å². The number of carbonyl (C=O) groups is 1. The molecule has 1 saturated carbocycles. The van der Waals surface area contributed by atoms with E-state index in [0.717, 1.165) is 11.2 Å². The van der Waals surface area contributed by atoms with Crippen LogP contribution in [0.5, 0.6) is 0 Å². The summed E-state index contributed by atoms with van der Waals surface area (Å²) in [5, 5.41) is 10.4. The second-order valence-corrected chi connectivity index (χ2v) is 6.08. The second-order valence-electron chi connectivity index (χ2n) is 6.08. The van der Waals surface area contributed by atoms with Crippen molar-refractivity contribution in [2.75, 3.05) is 6.54 Å². The smallest absolute Gasteiger partial charge is 0.252 e. The van der Waals surface area contributed by atoms with Gasteiger partial charge in [0.15, 0.2) is 5.65 Å². The van der Waals surface area contributed by atoms with Gasteiger partial charge in [-0.3, -0.25) is 9.48 Å². The van der Waals surface area contributed by atoms with Crippen molar-refractivity contribution < 1.29 is 4.79 Å². The Morgan fingerprint density at radius 1 is 1.29 bits per heavy atom. The molecule has 0 unspecified atom stereocenters. The Bertz CT molecular complexity index is 833. The average Bonchev–Trinajstić information content (AvgIpc) is 3.34. The molecule has 3 aromatic heterocycles. The van der Waals surface area contributed by atoms with Gasteiger partial charge in [-0.2, -0.15) is 0 Å². The minimum Gasteiger partial charge on any atom is -0.350 e. The van der Waals surface area contributed by atoms with Crippen molar-refractivity contribution >= 4 is 17.1 Å². The molecule has 0 saturated heterocycles. The Morgan fingerprint density at radius 3 is 2.96 bits per heavy atom. The van der Waals surface area contributed by atoms with Gasteiger partial charge in [-0.25, -0.2) is 9.97 Å². The van der Waals surface area contributed by atoms with Crippen LogP contribution in [0.15, 0.2) is 31.0 Å². The molecule has 1 aliphatic carbocycles. The molecule has 1 N–H and O–H groups in total. The topological polar surface area (TPSA) is 90.5 Å². The van der Waals surface area contributed by atoms with E-state index in [1.165, 1.54) is 25.7 Å². The van der Waals surface area contributed by atoms with Gasteiger partial charge in [0.05, 0.1) is 24.6 Å². The SMILES string of the molecule is O=C(NCCn1ccnn1)c1cnc2c(c1)ncn2C1CCCC1. The first-order valence-corrected chi connectivity index (χ1v) is 8.26. The van der Waals surface area contributed by atoms with Crippen molar-refractivity contribution in [2.24, 2.45) is 0 Å². The second kappa shape index (κ2) is 6.38. The van der Waals surface area contributed by atoms with Crippen molar-refractivity contribution in [2.45, 2.75) is 38.3 Å². The maximum absolute atomic E-state index is 12.2. The monoisotopic (exact) mass is 325 g/mol. The highest BCUT2D eigenvalue weighted by Crippen LogP contribution is 2.31. The first-order chi connectivity index (χ1) is 11.8. The van der Waals surface area contributed by atoms with Crippen molar-refractivity contribution in [3.8, 4) is 0 Å². The van der Waals surface area contributed by atoms with E-state index in [9.17, 15) is 4.79 Å². The minimum atomic E-state index is -0.153. The summed E-state index contributed by atoms with van der Waals surface area (Å²) in [7, 11) is 0. The van der Waals surface area contributed by atoms with Gasteiger partial charge in [0.25, 0.3) is 5.91 Å². The fourth-order valence-corrected chi connectivity index (χ4v) is 3.23. The zero-order chi connectivity index (χ0) is 16.4. The molecule has 24 heavy (non-hydrogen) atoms. The van der Waals surface area contributed by atoms with E-state index in [-0.39, 0.29) is 5.91 Å². The highest BCUT2D eigenvalue weighted by molar-refractivity contribution is 5.96. The minimum absolute atomic E-state index is 0.153. The third kappa shape index (κ3) is 2.86. The molecule has 3 heterocycles. The molecule has 8 nitrogen and oxygen atoms in total. The number of aromatic nitrogens is 6. The van der Waals surface area contributed by atoms with Crippen molar-refractivity contribution in [1.29, 1.82) is 0 Å². The third-order valence-electron chi connectivity index (χ3n) is 4.49. The summed E-state index contributed by atoms with van der Waals surface area (Å²) < 4.78 is 3.82. The van der Waals surface area contributed by atoms with Crippen LogP contribution in [0, 0.1) is 0 Å². The van der Waals surface area contributed by atoms with E-state index in [2.05, 4.69) is 30.2 Å². The molecule has 0 spiro atoms. The Kier molecular flexibility index (Phi) is 3.94. The molecule has 124 valence electrons. The molecule has 1 aliphatic rings. The van der Waals surface area contributed by atoms with E-state index in [0.29, 0.717) is 24.7 Å². The third-order valence-corrected chi connectivity index (χ3v) is 4.49. The van der Waals surface area contributed by atoms with Crippen molar-refractivity contribution in [3.63, 3.8) is 0 Å². The number of nitrogens with one attached hydrogen (secondary N) is 1. The number of carbonyl (C=O) groups excluding carboxylic acids is 1. The summed E-state index contributed by atoms with van der Waals surface area (Å²) >= 11 is 0. The molecule has 1 amide bonds. The highest BCUT2D eigenvalue weighted by atomic mass is 16.1. The molecule has 0 bridgehead atoms.